The van der Waals surface area contributed by atoms with Crippen LogP contribution in [0.15, 0.2) is 0 Å². The monoisotopic (exact) mass is 262 g/mol. The summed E-state index contributed by atoms with van der Waals surface area (Å²) in [6, 6.07) is 0.0722. The van der Waals surface area contributed by atoms with Gasteiger partial charge in [0.1, 0.15) is 0 Å². The molecule has 0 aromatic heterocycles. The highest BCUT2D eigenvalue weighted by molar-refractivity contribution is 7.84. The molecule has 0 saturated carbocycles. The van der Waals surface area contributed by atoms with Gasteiger partial charge in [-0.2, -0.15) is 0 Å². The summed E-state index contributed by atoms with van der Waals surface area (Å²) in [5, 5.41) is 6.09. The van der Waals surface area contributed by atoms with Crippen molar-refractivity contribution >= 4 is 16.7 Å². The van der Waals surface area contributed by atoms with Gasteiger partial charge < -0.3 is 15.4 Å². The van der Waals surface area contributed by atoms with Gasteiger partial charge >= 0.3 is 0 Å². The van der Waals surface area contributed by atoms with E-state index < -0.39 is 10.8 Å². The van der Waals surface area contributed by atoms with Crippen molar-refractivity contribution in [1.29, 1.82) is 0 Å². The summed E-state index contributed by atoms with van der Waals surface area (Å²) >= 11 is 0. The zero-order valence-electron chi connectivity index (χ0n) is 10.5. The third-order valence-electron chi connectivity index (χ3n) is 2.66. The third kappa shape index (κ3) is 6.75. The van der Waals surface area contributed by atoms with Gasteiger partial charge in [0, 0.05) is 41.9 Å². The topological polar surface area (TPSA) is 67.4 Å². The van der Waals surface area contributed by atoms with Crippen LogP contribution >= 0.6 is 0 Å². The van der Waals surface area contributed by atoms with Gasteiger partial charge in [-0.25, -0.2) is 0 Å². The second kappa shape index (κ2) is 7.79. The van der Waals surface area contributed by atoms with Crippen LogP contribution in [0.4, 0.5) is 0 Å². The molecule has 5 nitrogen and oxygen atoms in total. The molecule has 17 heavy (non-hydrogen) atoms. The molecule has 3 unspecified atom stereocenters. The summed E-state index contributed by atoms with van der Waals surface area (Å²) in [6.45, 7) is 4.20. The minimum Gasteiger partial charge on any atom is -0.375 e. The molecule has 0 aromatic carbocycles. The Morgan fingerprint density at radius 3 is 3.00 bits per heavy atom. The van der Waals surface area contributed by atoms with E-state index >= 15 is 0 Å². The number of carbonyl (C=O) groups is 1. The van der Waals surface area contributed by atoms with E-state index in [1.165, 1.54) is 0 Å². The van der Waals surface area contributed by atoms with Crippen LogP contribution in [0.25, 0.3) is 0 Å². The Bertz CT molecular complexity index is 267. The smallest absolute Gasteiger partial charge is 0.222 e. The molecule has 0 aliphatic carbocycles. The molecule has 0 radical (unpaired) electrons. The molecule has 3 atom stereocenters. The number of morpholine rings is 1. The second-order valence-corrected chi connectivity index (χ2v) is 5.99. The molecule has 1 heterocycles. The molecular formula is C11H22N2O3S. The minimum atomic E-state index is -0.793. The van der Waals surface area contributed by atoms with Crippen LogP contribution in [0.2, 0.25) is 0 Å². The molecule has 0 spiro atoms. The maximum absolute atomic E-state index is 11.7. The fourth-order valence-corrected chi connectivity index (χ4v) is 2.39. The molecule has 6 heteroatoms. The lowest BCUT2D eigenvalue weighted by molar-refractivity contribution is -0.125. The van der Waals surface area contributed by atoms with Gasteiger partial charge in [0.15, 0.2) is 0 Å². The minimum absolute atomic E-state index is 0.00749. The summed E-state index contributed by atoms with van der Waals surface area (Å²) < 4.78 is 16.4. The first-order chi connectivity index (χ1) is 8.08. The van der Waals surface area contributed by atoms with Crippen molar-refractivity contribution in [1.82, 2.24) is 10.6 Å². The number of rotatable bonds is 6. The summed E-state index contributed by atoms with van der Waals surface area (Å²) in [5.74, 6) is 0.635. The number of carbonyl (C=O) groups excluding carboxylic acids is 1. The Morgan fingerprint density at radius 1 is 1.65 bits per heavy atom. The van der Waals surface area contributed by atoms with Gasteiger partial charge in [-0.15, -0.1) is 0 Å². The molecule has 0 aromatic rings. The molecule has 1 aliphatic rings. The molecule has 1 saturated heterocycles. The molecule has 100 valence electrons. The van der Waals surface area contributed by atoms with Crippen LogP contribution in [0.1, 0.15) is 19.8 Å². The average Bonchev–Trinajstić information content (AvgIpc) is 2.27. The van der Waals surface area contributed by atoms with E-state index in [2.05, 4.69) is 10.6 Å². The van der Waals surface area contributed by atoms with E-state index in [9.17, 15) is 9.00 Å². The maximum atomic E-state index is 11.7. The summed E-state index contributed by atoms with van der Waals surface area (Å²) in [4.78, 5) is 11.7. The van der Waals surface area contributed by atoms with Crippen molar-refractivity contribution < 1.29 is 13.7 Å². The standard InChI is InChI=1S/C11H22N2O3S/c1-9(3-6-17(2)15)13-11(14)7-10-8-12-4-5-16-10/h9-10,12H,3-8H2,1-2H3,(H,13,14). The maximum Gasteiger partial charge on any atom is 0.222 e. The zero-order valence-corrected chi connectivity index (χ0v) is 11.3. The molecule has 1 amide bonds. The fraction of sp³-hybridized carbons (Fsp3) is 0.909. The number of hydrogen-bond donors (Lipinski definition) is 2. The van der Waals surface area contributed by atoms with Gasteiger partial charge in [-0.3, -0.25) is 9.00 Å². The van der Waals surface area contributed by atoms with Gasteiger partial charge in [0.2, 0.25) is 5.91 Å². The van der Waals surface area contributed by atoms with Crippen LogP contribution in [0.5, 0.6) is 0 Å². The Kier molecular flexibility index (Phi) is 6.69. The van der Waals surface area contributed by atoms with E-state index in [0.29, 0.717) is 18.8 Å². The number of amides is 1. The largest absolute Gasteiger partial charge is 0.375 e. The van der Waals surface area contributed by atoms with Crippen molar-refractivity contribution in [2.75, 3.05) is 31.7 Å². The van der Waals surface area contributed by atoms with Gasteiger partial charge in [0.05, 0.1) is 19.1 Å². The molecular weight excluding hydrogens is 240 g/mol. The second-order valence-electron chi connectivity index (χ2n) is 4.44. The Morgan fingerprint density at radius 2 is 2.41 bits per heavy atom. The first kappa shape index (κ1) is 14.6. The highest BCUT2D eigenvalue weighted by atomic mass is 32.2. The van der Waals surface area contributed by atoms with Crippen molar-refractivity contribution in [3.05, 3.63) is 0 Å². The number of ether oxygens (including phenoxy) is 1. The van der Waals surface area contributed by atoms with E-state index in [4.69, 9.17) is 4.74 Å². The predicted octanol–water partition coefficient (Wildman–Crippen LogP) is -0.362. The fourth-order valence-electron chi connectivity index (χ4n) is 1.71. The van der Waals surface area contributed by atoms with Crippen molar-refractivity contribution in [2.24, 2.45) is 0 Å². The van der Waals surface area contributed by atoms with Crippen LogP contribution in [-0.2, 0) is 20.3 Å². The van der Waals surface area contributed by atoms with Crippen molar-refractivity contribution in [3.63, 3.8) is 0 Å². The predicted molar refractivity (Wildman–Crippen MR) is 68.4 cm³/mol. The SMILES string of the molecule is CC(CCS(C)=O)NC(=O)CC1CNCCO1. The summed E-state index contributed by atoms with van der Waals surface area (Å²) in [5.41, 5.74) is 0. The molecule has 2 N–H and O–H groups in total. The van der Waals surface area contributed by atoms with E-state index in [-0.39, 0.29) is 18.1 Å². The quantitative estimate of drug-likeness (QED) is 0.686. The molecule has 1 rings (SSSR count). The highest BCUT2D eigenvalue weighted by Crippen LogP contribution is 2.02. The van der Waals surface area contributed by atoms with Gasteiger partial charge in [-0.05, 0) is 13.3 Å². The number of hydrogen-bond acceptors (Lipinski definition) is 4. The van der Waals surface area contributed by atoms with Crippen LogP contribution in [0, 0.1) is 0 Å². The summed E-state index contributed by atoms with van der Waals surface area (Å²) in [7, 11) is -0.793. The summed E-state index contributed by atoms with van der Waals surface area (Å²) in [6.07, 6.45) is 2.80. The van der Waals surface area contributed by atoms with Crippen LogP contribution in [-0.4, -0.2) is 54.0 Å². The van der Waals surface area contributed by atoms with Crippen molar-refractivity contribution in [2.45, 2.75) is 31.9 Å². The van der Waals surface area contributed by atoms with E-state index in [1.807, 2.05) is 6.92 Å². The molecule has 1 aliphatic heterocycles. The Balaban J connectivity index is 2.16. The molecule has 0 bridgehead atoms. The molecule has 1 fully saturated rings. The first-order valence-electron chi connectivity index (χ1n) is 5.99. The zero-order chi connectivity index (χ0) is 12.7. The number of nitrogens with one attached hydrogen (secondary N) is 2. The van der Waals surface area contributed by atoms with E-state index in [1.54, 1.807) is 6.26 Å². The van der Waals surface area contributed by atoms with Crippen LogP contribution < -0.4 is 10.6 Å². The van der Waals surface area contributed by atoms with Gasteiger partial charge in [-0.1, -0.05) is 0 Å². The average molecular weight is 262 g/mol. The van der Waals surface area contributed by atoms with Crippen molar-refractivity contribution in [3.8, 4) is 0 Å². The third-order valence-corrected chi connectivity index (χ3v) is 3.47. The van der Waals surface area contributed by atoms with Crippen LogP contribution in [0.3, 0.4) is 0 Å². The lowest BCUT2D eigenvalue weighted by Crippen LogP contribution is -2.43. The normalized spacial score (nSPS) is 24.0. The first-order valence-corrected chi connectivity index (χ1v) is 7.72. The Hall–Kier alpha value is -0.460. The van der Waals surface area contributed by atoms with Gasteiger partial charge in [0.25, 0.3) is 0 Å². The highest BCUT2D eigenvalue weighted by Gasteiger charge is 2.18. The lowest BCUT2D eigenvalue weighted by Gasteiger charge is -2.23. The lowest BCUT2D eigenvalue weighted by atomic mass is 10.2. The Labute approximate surface area is 105 Å². The van der Waals surface area contributed by atoms with E-state index in [0.717, 1.165) is 19.5 Å².